The Morgan fingerprint density at radius 1 is 1.45 bits per heavy atom. The molecule has 0 unspecified atom stereocenters. The lowest BCUT2D eigenvalue weighted by Gasteiger charge is -2.00. The van der Waals surface area contributed by atoms with Crippen LogP contribution in [0.25, 0.3) is 0 Å². The Balaban J connectivity index is 0.000001000. The van der Waals surface area contributed by atoms with E-state index in [0.29, 0.717) is 10.2 Å². The van der Waals surface area contributed by atoms with Gasteiger partial charge in [0.05, 0.1) is 9.37 Å². The molecule has 1 nitrogen and oxygen atoms in total. The molecule has 0 aromatic heterocycles. The second-order valence-electron chi connectivity index (χ2n) is 1.80. The summed E-state index contributed by atoms with van der Waals surface area (Å²) in [5.41, 5.74) is 5.70. The molecule has 0 atom stereocenters. The second kappa shape index (κ2) is 4.18. The number of thiol groups is 1. The Bertz CT molecular complexity index is 242. The van der Waals surface area contributed by atoms with E-state index in [2.05, 4.69) is 28.6 Å². The maximum absolute atomic E-state index is 12.8. The molecule has 0 aliphatic rings. The van der Waals surface area contributed by atoms with Gasteiger partial charge in [-0.25, -0.2) is 4.39 Å². The van der Waals surface area contributed by atoms with Crippen molar-refractivity contribution < 1.29 is 4.39 Å². The van der Waals surface area contributed by atoms with E-state index in [1.165, 1.54) is 0 Å². The maximum atomic E-state index is 12.8. The van der Waals surface area contributed by atoms with Crippen molar-refractivity contribution >= 4 is 46.7 Å². The zero-order chi connectivity index (χ0) is 7.72. The van der Waals surface area contributed by atoms with Crippen LogP contribution in [0.4, 0.5) is 10.1 Å². The zero-order valence-corrected chi connectivity index (χ0v) is 8.64. The summed E-state index contributed by atoms with van der Waals surface area (Å²) >= 11 is 6.85. The van der Waals surface area contributed by atoms with Crippen LogP contribution in [-0.2, 0) is 0 Å². The SMILES string of the molecule is Cl.Nc1ccc(Br)c(F)c1S. The van der Waals surface area contributed by atoms with E-state index in [1.54, 1.807) is 12.1 Å². The topological polar surface area (TPSA) is 26.0 Å². The van der Waals surface area contributed by atoms with Crippen LogP contribution in [0.5, 0.6) is 0 Å². The van der Waals surface area contributed by atoms with E-state index in [9.17, 15) is 4.39 Å². The number of hydrogen-bond acceptors (Lipinski definition) is 2. The summed E-state index contributed by atoms with van der Waals surface area (Å²) in [7, 11) is 0. The average Bonchev–Trinajstić information content (AvgIpc) is 1.93. The molecule has 0 radical (unpaired) electrons. The lowest BCUT2D eigenvalue weighted by molar-refractivity contribution is 0.597. The quantitative estimate of drug-likeness (QED) is 0.543. The van der Waals surface area contributed by atoms with Crippen LogP contribution >= 0.6 is 41.0 Å². The fourth-order valence-electron chi connectivity index (χ4n) is 0.555. The molecule has 0 saturated carbocycles. The third-order valence-electron chi connectivity index (χ3n) is 1.10. The highest BCUT2D eigenvalue weighted by Crippen LogP contribution is 2.26. The largest absolute Gasteiger partial charge is 0.398 e. The number of nitrogens with two attached hydrogens (primary N) is 1. The van der Waals surface area contributed by atoms with Gasteiger partial charge in [0, 0.05) is 5.69 Å². The van der Waals surface area contributed by atoms with Gasteiger partial charge in [0.25, 0.3) is 0 Å². The number of anilines is 1. The number of rotatable bonds is 0. The summed E-state index contributed by atoms with van der Waals surface area (Å²) in [6.07, 6.45) is 0. The van der Waals surface area contributed by atoms with Crippen LogP contribution in [0.3, 0.4) is 0 Å². The number of hydrogen-bond donors (Lipinski definition) is 2. The summed E-state index contributed by atoms with van der Waals surface area (Å²) in [6, 6.07) is 3.14. The molecule has 0 aliphatic heterocycles. The van der Waals surface area contributed by atoms with Gasteiger partial charge in [0.15, 0.2) is 5.82 Å². The highest BCUT2D eigenvalue weighted by molar-refractivity contribution is 9.10. The molecule has 0 saturated heterocycles. The molecule has 0 amide bonds. The lowest BCUT2D eigenvalue weighted by atomic mass is 10.3. The van der Waals surface area contributed by atoms with Gasteiger partial charge in [-0.15, -0.1) is 25.0 Å². The molecule has 1 aromatic rings. The molecular formula is C6H6BrClFNS. The standard InChI is InChI=1S/C6H5BrFNS.ClH/c7-3-1-2-4(9)6(10)5(3)8;/h1-2,10H,9H2;1H. The third kappa shape index (κ3) is 2.25. The van der Waals surface area contributed by atoms with E-state index in [4.69, 9.17) is 5.73 Å². The van der Waals surface area contributed by atoms with Gasteiger partial charge in [0.1, 0.15) is 0 Å². The first-order chi connectivity index (χ1) is 4.63. The molecule has 62 valence electrons. The van der Waals surface area contributed by atoms with Crippen molar-refractivity contribution in [1.82, 2.24) is 0 Å². The van der Waals surface area contributed by atoms with Gasteiger partial charge < -0.3 is 5.73 Å². The highest BCUT2D eigenvalue weighted by Gasteiger charge is 2.04. The summed E-state index contributed by atoms with van der Waals surface area (Å²) in [6.45, 7) is 0. The van der Waals surface area contributed by atoms with E-state index in [1.807, 2.05) is 0 Å². The van der Waals surface area contributed by atoms with Crippen molar-refractivity contribution in [1.29, 1.82) is 0 Å². The van der Waals surface area contributed by atoms with Crippen LogP contribution in [0.1, 0.15) is 0 Å². The molecule has 0 fully saturated rings. The first-order valence-electron chi connectivity index (χ1n) is 2.55. The molecular weight excluding hydrogens is 252 g/mol. The predicted molar refractivity (Wildman–Crippen MR) is 53.0 cm³/mol. The molecule has 1 aromatic carbocycles. The first-order valence-corrected chi connectivity index (χ1v) is 3.79. The van der Waals surface area contributed by atoms with Gasteiger partial charge in [-0.05, 0) is 28.1 Å². The average molecular weight is 259 g/mol. The van der Waals surface area contributed by atoms with E-state index in [0.717, 1.165) is 0 Å². The Labute approximate surface area is 84.1 Å². The molecule has 0 spiro atoms. The van der Waals surface area contributed by atoms with Crippen molar-refractivity contribution in [2.45, 2.75) is 4.90 Å². The Morgan fingerprint density at radius 3 is 2.45 bits per heavy atom. The summed E-state index contributed by atoms with van der Waals surface area (Å²) in [5.74, 6) is -0.414. The molecule has 0 aliphatic carbocycles. The van der Waals surface area contributed by atoms with Gasteiger partial charge in [-0.2, -0.15) is 0 Å². The maximum Gasteiger partial charge on any atom is 0.152 e. The summed E-state index contributed by atoms with van der Waals surface area (Å²) in [5, 5.41) is 0. The summed E-state index contributed by atoms with van der Waals surface area (Å²) in [4.78, 5) is 0.189. The predicted octanol–water partition coefficient (Wildman–Crippen LogP) is 2.88. The first kappa shape index (κ1) is 11.1. The van der Waals surface area contributed by atoms with Gasteiger partial charge in [-0.3, -0.25) is 0 Å². The second-order valence-corrected chi connectivity index (χ2v) is 3.10. The van der Waals surface area contributed by atoms with Crippen molar-refractivity contribution in [2.24, 2.45) is 0 Å². The highest BCUT2D eigenvalue weighted by atomic mass is 79.9. The van der Waals surface area contributed by atoms with Crippen LogP contribution in [0.15, 0.2) is 21.5 Å². The zero-order valence-electron chi connectivity index (χ0n) is 5.34. The third-order valence-corrected chi connectivity index (χ3v) is 2.17. The Morgan fingerprint density at radius 2 is 2.00 bits per heavy atom. The van der Waals surface area contributed by atoms with Crippen LogP contribution in [-0.4, -0.2) is 0 Å². The number of benzene rings is 1. The fourth-order valence-corrected chi connectivity index (χ4v) is 1.23. The molecule has 0 bridgehead atoms. The van der Waals surface area contributed by atoms with E-state index < -0.39 is 5.82 Å². The minimum atomic E-state index is -0.414. The summed E-state index contributed by atoms with van der Waals surface area (Å²) < 4.78 is 13.2. The van der Waals surface area contributed by atoms with Gasteiger partial charge in [-0.1, -0.05) is 0 Å². The molecule has 5 heteroatoms. The Hall–Kier alpha value is 0.0700. The van der Waals surface area contributed by atoms with Crippen LogP contribution in [0, 0.1) is 5.82 Å². The van der Waals surface area contributed by atoms with Crippen molar-refractivity contribution in [3.05, 3.63) is 22.4 Å². The molecule has 0 heterocycles. The van der Waals surface area contributed by atoms with E-state index >= 15 is 0 Å². The molecule has 11 heavy (non-hydrogen) atoms. The van der Waals surface area contributed by atoms with Gasteiger partial charge >= 0.3 is 0 Å². The van der Waals surface area contributed by atoms with Crippen LogP contribution in [0.2, 0.25) is 0 Å². The van der Waals surface area contributed by atoms with E-state index in [-0.39, 0.29) is 17.3 Å². The lowest BCUT2D eigenvalue weighted by Crippen LogP contribution is -1.90. The number of halogens is 3. The normalized spacial score (nSPS) is 9.00. The minimum absolute atomic E-state index is 0. The monoisotopic (exact) mass is 257 g/mol. The fraction of sp³-hybridized carbons (Fsp3) is 0. The van der Waals surface area contributed by atoms with Crippen molar-refractivity contribution in [3.63, 3.8) is 0 Å². The Kier molecular flexibility index (Phi) is 4.21. The minimum Gasteiger partial charge on any atom is -0.398 e. The van der Waals surface area contributed by atoms with Crippen molar-refractivity contribution in [2.75, 3.05) is 5.73 Å². The number of nitrogen functional groups attached to an aromatic ring is 1. The van der Waals surface area contributed by atoms with Gasteiger partial charge in [0.2, 0.25) is 0 Å². The molecule has 2 N–H and O–H groups in total. The molecule has 1 rings (SSSR count). The van der Waals surface area contributed by atoms with Crippen molar-refractivity contribution in [3.8, 4) is 0 Å². The van der Waals surface area contributed by atoms with Crippen LogP contribution < -0.4 is 5.73 Å². The smallest absolute Gasteiger partial charge is 0.152 e.